The van der Waals surface area contributed by atoms with Gasteiger partial charge in [0.2, 0.25) is 10.0 Å². The summed E-state index contributed by atoms with van der Waals surface area (Å²) >= 11 is 0. The molecular formula is C22H29N5O2S. The van der Waals surface area contributed by atoms with Gasteiger partial charge >= 0.3 is 0 Å². The van der Waals surface area contributed by atoms with Crippen molar-refractivity contribution in [3.63, 3.8) is 0 Å². The summed E-state index contributed by atoms with van der Waals surface area (Å²) in [5, 5.41) is 1.03. The van der Waals surface area contributed by atoms with Gasteiger partial charge in [0.15, 0.2) is 0 Å². The van der Waals surface area contributed by atoms with Crippen molar-refractivity contribution in [2.45, 2.75) is 38.6 Å². The van der Waals surface area contributed by atoms with E-state index >= 15 is 0 Å². The fourth-order valence-corrected chi connectivity index (χ4v) is 5.52. The number of aromatic nitrogens is 3. The van der Waals surface area contributed by atoms with Crippen molar-refractivity contribution in [3.05, 3.63) is 48.4 Å². The molecule has 1 N–H and O–H groups in total. The Labute approximate surface area is 178 Å². The number of aryl methyl sites for hydroxylation is 1. The molecule has 30 heavy (non-hydrogen) atoms. The van der Waals surface area contributed by atoms with E-state index in [2.05, 4.69) is 68.5 Å². The van der Waals surface area contributed by atoms with Crippen LogP contribution in [0.2, 0.25) is 0 Å². The lowest BCUT2D eigenvalue weighted by Crippen LogP contribution is -2.37. The third-order valence-electron chi connectivity index (χ3n) is 6.24. The van der Waals surface area contributed by atoms with E-state index in [0.29, 0.717) is 6.04 Å². The van der Waals surface area contributed by atoms with Crippen LogP contribution in [0.15, 0.2) is 42.9 Å². The highest BCUT2D eigenvalue weighted by Gasteiger charge is 2.28. The molecule has 1 saturated carbocycles. The van der Waals surface area contributed by atoms with Crippen LogP contribution in [0.4, 0.5) is 5.82 Å². The summed E-state index contributed by atoms with van der Waals surface area (Å²) in [5.74, 6) is 1.37. The van der Waals surface area contributed by atoms with Crippen LogP contribution in [0.3, 0.4) is 0 Å². The number of fused-ring (bicyclic) bond motifs is 1. The van der Waals surface area contributed by atoms with E-state index in [-0.39, 0.29) is 11.7 Å². The summed E-state index contributed by atoms with van der Waals surface area (Å²) in [7, 11) is 0.416. The molecule has 4 rings (SSSR count). The van der Waals surface area contributed by atoms with Gasteiger partial charge < -0.3 is 9.47 Å². The van der Waals surface area contributed by atoms with Crippen molar-refractivity contribution in [1.29, 1.82) is 0 Å². The molecule has 1 aliphatic carbocycles. The Morgan fingerprint density at radius 1 is 1.10 bits per heavy atom. The van der Waals surface area contributed by atoms with Crippen molar-refractivity contribution in [3.8, 4) is 5.69 Å². The van der Waals surface area contributed by atoms with E-state index in [1.807, 2.05) is 6.20 Å². The fourth-order valence-electron chi connectivity index (χ4n) is 4.40. The van der Waals surface area contributed by atoms with Gasteiger partial charge in [0.1, 0.15) is 17.8 Å². The van der Waals surface area contributed by atoms with E-state index in [1.54, 1.807) is 6.33 Å². The maximum Gasteiger partial charge on any atom is 0.211 e. The van der Waals surface area contributed by atoms with Crippen LogP contribution in [0.5, 0.6) is 0 Å². The minimum absolute atomic E-state index is 0.219. The minimum Gasteiger partial charge on any atom is -0.356 e. The first-order valence-electron chi connectivity index (χ1n) is 10.4. The van der Waals surface area contributed by atoms with Crippen LogP contribution < -0.4 is 9.62 Å². The maximum atomic E-state index is 11.8. The summed E-state index contributed by atoms with van der Waals surface area (Å²) in [4.78, 5) is 11.4. The quantitative estimate of drug-likeness (QED) is 0.653. The number of anilines is 1. The zero-order chi connectivity index (χ0) is 21.3. The Bertz CT molecular complexity index is 1120. The van der Waals surface area contributed by atoms with Gasteiger partial charge in [-0.2, -0.15) is 0 Å². The van der Waals surface area contributed by atoms with Crippen molar-refractivity contribution >= 4 is 26.9 Å². The highest BCUT2D eigenvalue weighted by molar-refractivity contribution is 7.89. The molecule has 3 aromatic rings. The predicted molar refractivity (Wildman–Crippen MR) is 121 cm³/mol. The van der Waals surface area contributed by atoms with Gasteiger partial charge in [-0.25, -0.2) is 23.1 Å². The van der Waals surface area contributed by atoms with E-state index in [1.165, 1.54) is 12.6 Å². The largest absolute Gasteiger partial charge is 0.356 e. The van der Waals surface area contributed by atoms with E-state index in [0.717, 1.165) is 48.2 Å². The van der Waals surface area contributed by atoms with Gasteiger partial charge in [-0.1, -0.05) is 17.7 Å². The molecule has 0 aliphatic heterocycles. The van der Waals surface area contributed by atoms with Gasteiger partial charge in [-0.05, 0) is 63.8 Å². The molecule has 8 heteroatoms. The fraction of sp³-hybridized carbons (Fsp3) is 0.455. The van der Waals surface area contributed by atoms with Crippen LogP contribution in [0.25, 0.3) is 16.7 Å². The van der Waals surface area contributed by atoms with Gasteiger partial charge in [0.05, 0.1) is 11.1 Å². The molecule has 0 unspecified atom stereocenters. The Balaban J connectivity index is 1.53. The van der Waals surface area contributed by atoms with E-state index in [4.69, 9.17) is 0 Å². The standard InChI is InChI=1S/C22H29N5O2S/c1-16-4-8-19(9-5-16)27-13-12-20-21(24-15-25-22(20)27)26(3)18-10-6-17(7-11-18)14-30(28,29)23-2/h4-5,8-9,12-13,15,17-18,23H,6-7,10-11,14H2,1-3H3. The predicted octanol–water partition coefficient (Wildman–Crippen LogP) is 3.27. The second-order valence-corrected chi connectivity index (χ2v) is 10.2. The first kappa shape index (κ1) is 20.8. The smallest absolute Gasteiger partial charge is 0.211 e. The summed E-state index contributed by atoms with van der Waals surface area (Å²) < 4.78 is 28.2. The normalized spacial score (nSPS) is 19.8. The second kappa shape index (κ2) is 8.35. The molecule has 0 spiro atoms. The third kappa shape index (κ3) is 4.20. The second-order valence-electron chi connectivity index (χ2n) is 8.23. The Hall–Kier alpha value is -2.45. The van der Waals surface area contributed by atoms with E-state index in [9.17, 15) is 8.42 Å². The van der Waals surface area contributed by atoms with Crippen LogP contribution >= 0.6 is 0 Å². The molecule has 7 nitrogen and oxygen atoms in total. The molecule has 2 heterocycles. The number of benzene rings is 1. The molecule has 0 amide bonds. The third-order valence-corrected chi connectivity index (χ3v) is 7.77. The van der Waals surface area contributed by atoms with Gasteiger partial charge in [0, 0.05) is 25.0 Å². The number of hydrogen-bond donors (Lipinski definition) is 1. The zero-order valence-electron chi connectivity index (χ0n) is 17.7. The molecule has 1 aliphatic rings. The summed E-state index contributed by atoms with van der Waals surface area (Å²) in [5.41, 5.74) is 3.20. The Morgan fingerprint density at radius 2 is 1.80 bits per heavy atom. The Morgan fingerprint density at radius 3 is 2.47 bits per heavy atom. The van der Waals surface area contributed by atoms with E-state index < -0.39 is 10.0 Å². The topological polar surface area (TPSA) is 80.1 Å². The van der Waals surface area contributed by atoms with Crippen molar-refractivity contribution < 1.29 is 8.42 Å². The number of rotatable bonds is 6. The summed E-state index contributed by atoms with van der Waals surface area (Å²) in [6.45, 7) is 2.08. The van der Waals surface area contributed by atoms with Crippen LogP contribution in [-0.2, 0) is 10.0 Å². The van der Waals surface area contributed by atoms with Crippen molar-refractivity contribution in [2.75, 3.05) is 24.7 Å². The molecule has 1 fully saturated rings. The first-order chi connectivity index (χ1) is 14.4. The molecule has 2 aromatic heterocycles. The molecule has 0 bridgehead atoms. The van der Waals surface area contributed by atoms with Crippen molar-refractivity contribution in [1.82, 2.24) is 19.3 Å². The molecular weight excluding hydrogens is 398 g/mol. The van der Waals surface area contributed by atoms with Gasteiger partial charge in [-0.15, -0.1) is 0 Å². The molecule has 0 atom stereocenters. The molecule has 1 aromatic carbocycles. The van der Waals surface area contributed by atoms with Gasteiger partial charge in [-0.3, -0.25) is 0 Å². The van der Waals surface area contributed by atoms with Crippen LogP contribution in [0.1, 0.15) is 31.2 Å². The summed E-state index contributed by atoms with van der Waals surface area (Å²) in [6.07, 6.45) is 7.42. The summed E-state index contributed by atoms with van der Waals surface area (Å²) in [6, 6.07) is 10.8. The lowest BCUT2D eigenvalue weighted by Gasteiger charge is -2.35. The van der Waals surface area contributed by atoms with Crippen LogP contribution in [0, 0.1) is 12.8 Å². The molecule has 0 saturated heterocycles. The SMILES string of the molecule is CNS(=O)(=O)CC1CCC(N(C)c2ncnc3c2ccn3-c2ccc(C)cc2)CC1. The average molecular weight is 428 g/mol. The maximum absolute atomic E-state index is 11.8. The first-order valence-corrected chi connectivity index (χ1v) is 12.1. The zero-order valence-corrected chi connectivity index (χ0v) is 18.6. The van der Waals surface area contributed by atoms with Crippen molar-refractivity contribution in [2.24, 2.45) is 5.92 Å². The Kier molecular flexibility index (Phi) is 5.79. The monoisotopic (exact) mass is 427 g/mol. The molecule has 0 radical (unpaired) electrons. The lowest BCUT2D eigenvalue weighted by molar-refractivity contribution is 0.340. The number of nitrogens with zero attached hydrogens (tertiary/aromatic N) is 4. The number of hydrogen-bond acceptors (Lipinski definition) is 5. The highest BCUT2D eigenvalue weighted by atomic mass is 32.2. The number of nitrogens with one attached hydrogen (secondary N) is 1. The minimum atomic E-state index is -3.15. The molecule has 160 valence electrons. The highest BCUT2D eigenvalue weighted by Crippen LogP contribution is 2.33. The van der Waals surface area contributed by atoms with Crippen LogP contribution in [-0.4, -0.2) is 48.8 Å². The lowest BCUT2D eigenvalue weighted by atomic mass is 9.86. The average Bonchev–Trinajstić information content (AvgIpc) is 3.18. The number of sulfonamides is 1. The van der Waals surface area contributed by atoms with Gasteiger partial charge in [0.25, 0.3) is 0 Å².